The highest BCUT2D eigenvalue weighted by Gasteiger charge is 1.97. The molecule has 0 saturated carbocycles. The lowest BCUT2D eigenvalue weighted by molar-refractivity contribution is -0.131. The molecule has 68 valence electrons. The number of aliphatic carboxylic acids is 1. The van der Waals surface area contributed by atoms with Gasteiger partial charge >= 0.3 is 5.97 Å². The van der Waals surface area contributed by atoms with Crippen LogP contribution in [0.15, 0.2) is 28.7 Å². The lowest BCUT2D eigenvalue weighted by Crippen LogP contribution is -1.85. The molecule has 0 unspecified atom stereocenters. The van der Waals surface area contributed by atoms with Gasteiger partial charge in [-0.1, -0.05) is 22.0 Å². The fourth-order valence-corrected chi connectivity index (χ4v) is 1.31. The van der Waals surface area contributed by atoms with E-state index in [9.17, 15) is 4.79 Å². The molecule has 0 atom stereocenters. The number of rotatable bonds is 2. The van der Waals surface area contributed by atoms with Gasteiger partial charge in [-0.3, -0.25) is 0 Å². The number of halogens is 1. The molecule has 0 heterocycles. The van der Waals surface area contributed by atoms with Gasteiger partial charge in [0, 0.05) is 10.5 Å². The van der Waals surface area contributed by atoms with Crippen LogP contribution in [-0.2, 0) is 4.79 Å². The van der Waals surface area contributed by atoms with Gasteiger partial charge < -0.3 is 10.2 Å². The van der Waals surface area contributed by atoms with Crippen LogP contribution >= 0.6 is 15.9 Å². The van der Waals surface area contributed by atoms with E-state index in [1.165, 1.54) is 18.2 Å². The second-order valence-corrected chi connectivity index (χ2v) is 3.23. The predicted molar refractivity (Wildman–Crippen MR) is 52.5 cm³/mol. The summed E-state index contributed by atoms with van der Waals surface area (Å²) in [6.07, 6.45) is 2.49. The molecule has 0 aliphatic rings. The molecule has 0 amide bonds. The van der Waals surface area contributed by atoms with E-state index in [4.69, 9.17) is 10.2 Å². The summed E-state index contributed by atoms with van der Waals surface area (Å²) in [6.45, 7) is 0. The highest BCUT2D eigenvalue weighted by molar-refractivity contribution is 9.10. The minimum Gasteiger partial charge on any atom is -0.508 e. The zero-order valence-electron chi connectivity index (χ0n) is 6.57. The minimum absolute atomic E-state index is 0.138. The van der Waals surface area contributed by atoms with Crippen molar-refractivity contribution >= 4 is 28.0 Å². The SMILES string of the molecule is O=C(O)C=Cc1ccc(O)cc1Br. The Morgan fingerprint density at radius 2 is 2.15 bits per heavy atom. The third-order valence-electron chi connectivity index (χ3n) is 1.39. The average Bonchev–Trinajstić information content (AvgIpc) is 2.02. The highest BCUT2D eigenvalue weighted by atomic mass is 79.9. The lowest BCUT2D eigenvalue weighted by atomic mass is 10.2. The summed E-state index contributed by atoms with van der Waals surface area (Å²) in [7, 11) is 0. The molecule has 1 aromatic rings. The number of benzene rings is 1. The molecule has 13 heavy (non-hydrogen) atoms. The number of phenolic OH excluding ortho intramolecular Hbond substituents is 1. The van der Waals surface area contributed by atoms with Gasteiger partial charge in [0.2, 0.25) is 0 Å². The number of hydrogen-bond donors (Lipinski definition) is 2. The van der Waals surface area contributed by atoms with Gasteiger partial charge in [0.1, 0.15) is 5.75 Å². The van der Waals surface area contributed by atoms with Crippen LogP contribution < -0.4 is 0 Å². The Hall–Kier alpha value is -1.29. The number of carboxylic acids is 1. The van der Waals surface area contributed by atoms with Crippen LogP contribution in [0.2, 0.25) is 0 Å². The molecule has 0 aliphatic carbocycles. The average molecular weight is 243 g/mol. The quantitative estimate of drug-likeness (QED) is 0.783. The van der Waals surface area contributed by atoms with E-state index in [1.807, 2.05) is 0 Å². The van der Waals surface area contributed by atoms with Gasteiger partial charge in [-0.2, -0.15) is 0 Å². The van der Waals surface area contributed by atoms with E-state index in [0.717, 1.165) is 6.08 Å². The first-order valence-corrected chi connectivity index (χ1v) is 4.28. The zero-order valence-corrected chi connectivity index (χ0v) is 8.15. The molecule has 2 N–H and O–H groups in total. The van der Waals surface area contributed by atoms with Crippen molar-refractivity contribution in [2.45, 2.75) is 0 Å². The predicted octanol–water partition coefficient (Wildman–Crippen LogP) is 2.25. The van der Waals surface area contributed by atoms with Crippen molar-refractivity contribution in [2.75, 3.05) is 0 Å². The van der Waals surface area contributed by atoms with Crippen LogP contribution in [0.1, 0.15) is 5.56 Å². The van der Waals surface area contributed by atoms with Crippen molar-refractivity contribution in [3.63, 3.8) is 0 Å². The van der Waals surface area contributed by atoms with Crippen molar-refractivity contribution in [1.29, 1.82) is 0 Å². The van der Waals surface area contributed by atoms with Crippen molar-refractivity contribution in [1.82, 2.24) is 0 Å². The molecule has 1 rings (SSSR count). The Bertz CT molecular complexity index is 358. The molecule has 0 spiro atoms. The second-order valence-electron chi connectivity index (χ2n) is 2.38. The summed E-state index contributed by atoms with van der Waals surface area (Å²) < 4.78 is 0.657. The molecule has 0 aliphatic heterocycles. The number of hydrogen-bond acceptors (Lipinski definition) is 2. The number of carbonyl (C=O) groups is 1. The Morgan fingerprint density at radius 3 is 2.69 bits per heavy atom. The summed E-state index contributed by atoms with van der Waals surface area (Å²) in [4.78, 5) is 10.2. The van der Waals surface area contributed by atoms with E-state index >= 15 is 0 Å². The van der Waals surface area contributed by atoms with Gasteiger partial charge in [0.25, 0.3) is 0 Å². The molecule has 0 fully saturated rings. The molecule has 0 saturated heterocycles. The number of carboxylic acid groups (broad SMARTS) is 1. The third-order valence-corrected chi connectivity index (χ3v) is 2.08. The van der Waals surface area contributed by atoms with Gasteiger partial charge in [0.15, 0.2) is 0 Å². The number of aromatic hydroxyl groups is 1. The van der Waals surface area contributed by atoms with Crippen LogP contribution in [0.4, 0.5) is 0 Å². The van der Waals surface area contributed by atoms with Crippen LogP contribution in [0, 0.1) is 0 Å². The van der Waals surface area contributed by atoms with Crippen LogP contribution in [-0.4, -0.2) is 16.2 Å². The van der Waals surface area contributed by atoms with Gasteiger partial charge in [0.05, 0.1) is 0 Å². The fraction of sp³-hybridized carbons (Fsp3) is 0. The minimum atomic E-state index is -1.00. The monoisotopic (exact) mass is 242 g/mol. The van der Waals surface area contributed by atoms with E-state index in [2.05, 4.69) is 15.9 Å². The smallest absolute Gasteiger partial charge is 0.328 e. The van der Waals surface area contributed by atoms with Crippen LogP contribution in [0.3, 0.4) is 0 Å². The van der Waals surface area contributed by atoms with E-state index < -0.39 is 5.97 Å². The van der Waals surface area contributed by atoms with Gasteiger partial charge in [-0.05, 0) is 23.8 Å². The molecule has 4 heteroatoms. The highest BCUT2D eigenvalue weighted by Crippen LogP contribution is 2.22. The van der Waals surface area contributed by atoms with Crippen molar-refractivity contribution in [3.8, 4) is 5.75 Å². The molecular formula is C9H7BrO3. The first-order chi connectivity index (χ1) is 6.09. The first-order valence-electron chi connectivity index (χ1n) is 3.49. The molecule has 0 aromatic heterocycles. The Balaban J connectivity index is 2.96. The summed E-state index contributed by atoms with van der Waals surface area (Å²) >= 11 is 3.19. The lowest BCUT2D eigenvalue weighted by Gasteiger charge is -1.97. The van der Waals surface area contributed by atoms with Gasteiger partial charge in [-0.15, -0.1) is 0 Å². The number of phenols is 1. The van der Waals surface area contributed by atoms with Crippen LogP contribution in [0.5, 0.6) is 5.75 Å². The summed E-state index contributed by atoms with van der Waals surface area (Å²) in [6, 6.07) is 4.62. The Morgan fingerprint density at radius 1 is 1.46 bits per heavy atom. The van der Waals surface area contributed by atoms with E-state index in [-0.39, 0.29) is 5.75 Å². The molecular weight excluding hydrogens is 236 g/mol. The molecule has 3 nitrogen and oxygen atoms in total. The first kappa shape index (κ1) is 9.80. The maximum absolute atomic E-state index is 10.2. The van der Waals surface area contributed by atoms with E-state index in [0.29, 0.717) is 10.0 Å². The summed E-state index contributed by atoms with van der Waals surface area (Å²) in [5, 5.41) is 17.4. The van der Waals surface area contributed by atoms with E-state index in [1.54, 1.807) is 6.07 Å². The van der Waals surface area contributed by atoms with Gasteiger partial charge in [-0.25, -0.2) is 4.79 Å². The maximum atomic E-state index is 10.2. The molecule has 0 bridgehead atoms. The third kappa shape index (κ3) is 2.91. The Labute approximate surface area is 83.5 Å². The summed E-state index contributed by atoms with van der Waals surface area (Å²) in [5.74, 6) is -0.862. The Kier molecular flexibility index (Phi) is 3.08. The molecule has 1 aromatic carbocycles. The topological polar surface area (TPSA) is 57.5 Å². The molecule has 0 radical (unpaired) electrons. The second kappa shape index (κ2) is 4.09. The largest absolute Gasteiger partial charge is 0.508 e. The van der Waals surface area contributed by atoms with Crippen molar-refractivity contribution < 1.29 is 15.0 Å². The fourth-order valence-electron chi connectivity index (χ4n) is 0.812. The zero-order chi connectivity index (χ0) is 9.84. The van der Waals surface area contributed by atoms with Crippen molar-refractivity contribution in [3.05, 3.63) is 34.3 Å². The van der Waals surface area contributed by atoms with Crippen LogP contribution in [0.25, 0.3) is 6.08 Å². The standard InChI is InChI=1S/C9H7BrO3/c10-8-5-7(11)3-1-6(8)2-4-9(12)13/h1-5,11H,(H,12,13). The normalized spacial score (nSPS) is 10.5. The maximum Gasteiger partial charge on any atom is 0.328 e. The van der Waals surface area contributed by atoms with Crippen molar-refractivity contribution in [2.24, 2.45) is 0 Å². The summed E-state index contributed by atoms with van der Waals surface area (Å²) in [5.41, 5.74) is 0.709.